The summed E-state index contributed by atoms with van der Waals surface area (Å²) in [5.74, 6) is 2.58. The van der Waals surface area contributed by atoms with E-state index in [2.05, 4.69) is 32.2 Å². The van der Waals surface area contributed by atoms with Crippen LogP contribution in [-0.4, -0.2) is 17.7 Å². The number of nitrogens with one attached hydrogen (secondary N) is 1. The molecule has 1 aliphatic heterocycles. The number of hydrogen-bond acceptors (Lipinski definition) is 5. The number of nitrogens with zero attached hydrogens (tertiary/aromatic N) is 2. The van der Waals surface area contributed by atoms with E-state index in [1.165, 1.54) is 12.8 Å². The molecule has 0 amide bonds. The first-order valence-electron chi connectivity index (χ1n) is 14.7. The average Bonchev–Trinajstić information content (AvgIpc) is 3.25. The van der Waals surface area contributed by atoms with Crippen LogP contribution in [0.25, 0.3) is 0 Å². The van der Waals surface area contributed by atoms with Crippen LogP contribution in [0, 0.1) is 34.0 Å². The van der Waals surface area contributed by atoms with E-state index in [0.29, 0.717) is 39.8 Å². The Morgan fingerprint density at radius 3 is 2.21 bits per heavy atom. The number of nitriles is 1. The standard InChI is InChI=1S/C24H19Cl2N3O.C11H17ClO/c1-2-30-21-13-15(14-27)3-12-20(21)24-28-22(16-4-8-18(25)9-5-16)23(29-24)17-6-10-19(26)11-7-17;1-7-4-5-8-10(2,3)11(8,6-7)9(12)13/h3-13,22-23H,2H2,1H3,(H,28,29);7-8H,4-6H2,1-3H3/t22-,23+;. The lowest BCUT2D eigenvalue weighted by molar-refractivity contribution is -0.118. The second kappa shape index (κ2) is 12.5. The quantitative estimate of drug-likeness (QED) is 0.274. The van der Waals surface area contributed by atoms with Gasteiger partial charge in [0, 0.05) is 10.0 Å². The van der Waals surface area contributed by atoms with Gasteiger partial charge in [0.05, 0.1) is 35.3 Å². The molecule has 8 heteroatoms. The Labute approximate surface area is 269 Å². The number of aliphatic imine (C=N–C) groups is 1. The molecule has 0 saturated heterocycles. The first kappa shape index (κ1) is 31.4. The van der Waals surface area contributed by atoms with Crippen LogP contribution in [0.2, 0.25) is 10.0 Å². The molecule has 1 heterocycles. The number of benzene rings is 3. The predicted octanol–water partition coefficient (Wildman–Crippen LogP) is 9.31. The molecule has 0 aromatic heterocycles. The van der Waals surface area contributed by atoms with E-state index in [-0.39, 0.29) is 28.2 Å². The van der Waals surface area contributed by atoms with Crippen LogP contribution in [-0.2, 0) is 4.79 Å². The van der Waals surface area contributed by atoms with Crippen molar-refractivity contribution in [2.75, 3.05) is 6.61 Å². The minimum atomic E-state index is -0.160. The van der Waals surface area contributed by atoms with Gasteiger partial charge in [-0.2, -0.15) is 5.26 Å². The minimum absolute atomic E-state index is 0.0800. The predicted molar refractivity (Wildman–Crippen MR) is 174 cm³/mol. The van der Waals surface area contributed by atoms with Gasteiger partial charge in [0.1, 0.15) is 17.6 Å². The van der Waals surface area contributed by atoms with Gasteiger partial charge >= 0.3 is 0 Å². The fourth-order valence-corrected chi connectivity index (χ4v) is 7.81. The highest BCUT2D eigenvalue weighted by molar-refractivity contribution is 6.65. The van der Waals surface area contributed by atoms with Crippen molar-refractivity contribution in [2.45, 2.75) is 59.0 Å². The Morgan fingerprint density at radius 2 is 1.65 bits per heavy atom. The van der Waals surface area contributed by atoms with Crippen molar-refractivity contribution in [3.05, 3.63) is 99.0 Å². The SMILES string of the molecule is CC1CCC2C(C)(C)C2(C(=O)Cl)C1.CCOc1cc(C#N)ccc1C1=N[C@@H](c2ccc(Cl)cc2)[C@@H](c2ccc(Cl)cc2)N1. The maximum atomic E-state index is 11.5. The molecule has 3 aliphatic rings. The summed E-state index contributed by atoms with van der Waals surface area (Å²) in [6.45, 7) is 9.02. The van der Waals surface area contributed by atoms with Gasteiger partial charge in [-0.05, 0) is 102 Å². The summed E-state index contributed by atoms with van der Waals surface area (Å²) in [6, 6.07) is 22.8. The topological polar surface area (TPSA) is 74.5 Å². The zero-order valence-electron chi connectivity index (χ0n) is 24.8. The zero-order valence-corrected chi connectivity index (χ0v) is 27.1. The first-order valence-corrected chi connectivity index (χ1v) is 15.9. The van der Waals surface area contributed by atoms with Crippen molar-refractivity contribution in [1.82, 2.24) is 5.32 Å². The van der Waals surface area contributed by atoms with E-state index in [4.69, 9.17) is 44.5 Å². The highest BCUT2D eigenvalue weighted by Gasteiger charge is 2.75. The van der Waals surface area contributed by atoms with Gasteiger partial charge in [-0.3, -0.25) is 9.79 Å². The fourth-order valence-electron chi connectivity index (χ4n) is 7.10. The lowest BCUT2D eigenvalue weighted by atomic mass is 9.81. The number of amidine groups is 1. The van der Waals surface area contributed by atoms with E-state index in [0.717, 1.165) is 28.9 Å². The van der Waals surface area contributed by atoms with Crippen LogP contribution in [0.15, 0.2) is 71.7 Å². The Hall–Kier alpha value is -3.04. The molecule has 1 N–H and O–H groups in total. The number of carbonyl (C=O) groups is 1. The molecular formula is C35H36Cl3N3O2. The van der Waals surface area contributed by atoms with Crippen LogP contribution in [0.3, 0.4) is 0 Å². The van der Waals surface area contributed by atoms with Crippen LogP contribution < -0.4 is 10.1 Å². The normalized spacial score (nSPS) is 26.5. The summed E-state index contributed by atoms with van der Waals surface area (Å²) in [5.41, 5.74) is 3.50. The zero-order chi connectivity index (χ0) is 30.9. The summed E-state index contributed by atoms with van der Waals surface area (Å²) >= 11 is 17.9. The van der Waals surface area contributed by atoms with Crippen LogP contribution in [0.5, 0.6) is 5.75 Å². The molecule has 5 nitrogen and oxygen atoms in total. The molecule has 3 aromatic rings. The third-order valence-electron chi connectivity index (χ3n) is 9.48. The van der Waals surface area contributed by atoms with E-state index < -0.39 is 0 Å². The Morgan fingerprint density at radius 1 is 1.02 bits per heavy atom. The Bertz CT molecular complexity index is 1560. The number of carbonyl (C=O) groups excluding carboxylic acids is 1. The van der Waals surface area contributed by atoms with E-state index >= 15 is 0 Å². The molecule has 6 rings (SSSR count). The smallest absolute Gasteiger partial charge is 0.228 e. The highest BCUT2D eigenvalue weighted by atomic mass is 35.5. The number of rotatable bonds is 6. The number of fused-ring (bicyclic) bond motifs is 1. The largest absolute Gasteiger partial charge is 0.493 e. The van der Waals surface area contributed by atoms with Crippen molar-refractivity contribution in [1.29, 1.82) is 5.26 Å². The van der Waals surface area contributed by atoms with Crippen LogP contribution in [0.1, 0.15) is 81.3 Å². The lowest BCUT2D eigenvalue weighted by Crippen LogP contribution is -2.25. The van der Waals surface area contributed by atoms with Gasteiger partial charge in [-0.25, -0.2) is 0 Å². The Kier molecular flexibility index (Phi) is 9.14. The summed E-state index contributed by atoms with van der Waals surface area (Å²) < 4.78 is 5.80. The summed E-state index contributed by atoms with van der Waals surface area (Å²) in [6.07, 6.45) is 3.46. The molecule has 2 aliphatic carbocycles. The number of hydrogen-bond donors (Lipinski definition) is 1. The second-order valence-corrected chi connectivity index (χ2v) is 13.5. The summed E-state index contributed by atoms with van der Waals surface area (Å²) in [7, 11) is 0. The van der Waals surface area contributed by atoms with Crippen molar-refractivity contribution in [2.24, 2.45) is 27.7 Å². The molecule has 5 atom stereocenters. The maximum absolute atomic E-state index is 11.5. The van der Waals surface area contributed by atoms with Gasteiger partial charge in [-0.15, -0.1) is 0 Å². The van der Waals surface area contributed by atoms with E-state index in [9.17, 15) is 10.1 Å². The minimum Gasteiger partial charge on any atom is -0.493 e. The average molecular weight is 637 g/mol. The first-order chi connectivity index (χ1) is 20.5. The van der Waals surface area contributed by atoms with E-state index in [1.807, 2.05) is 61.5 Å². The van der Waals surface area contributed by atoms with Crippen molar-refractivity contribution in [3.8, 4) is 11.8 Å². The van der Waals surface area contributed by atoms with Gasteiger partial charge in [-0.1, -0.05) is 74.7 Å². The van der Waals surface area contributed by atoms with Crippen molar-refractivity contribution in [3.63, 3.8) is 0 Å². The van der Waals surface area contributed by atoms with Crippen LogP contribution >= 0.6 is 34.8 Å². The van der Waals surface area contributed by atoms with Gasteiger partial charge in [0.2, 0.25) is 5.24 Å². The van der Waals surface area contributed by atoms with Crippen molar-refractivity contribution >= 4 is 45.9 Å². The molecule has 3 unspecified atom stereocenters. The fraction of sp³-hybridized carbons (Fsp3) is 0.400. The molecule has 43 heavy (non-hydrogen) atoms. The second-order valence-electron chi connectivity index (χ2n) is 12.3. The maximum Gasteiger partial charge on any atom is 0.228 e. The third-order valence-corrected chi connectivity index (χ3v) is 10.3. The molecular weight excluding hydrogens is 601 g/mol. The summed E-state index contributed by atoms with van der Waals surface area (Å²) in [4.78, 5) is 16.5. The van der Waals surface area contributed by atoms with Gasteiger partial charge in [0.25, 0.3) is 0 Å². The van der Waals surface area contributed by atoms with E-state index in [1.54, 1.807) is 12.1 Å². The molecule has 2 fully saturated rings. The van der Waals surface area contributed by atoms with Crippen molar-refractivity contribution < 1.29 is 9.53 Å². The Balaban J connectivity index is 0.000000235. The molecule has 3 aromatic carbocycles. The monoisotopic (exact) mass is 635 g/mol. The number of halogens is 3. The molecule has 0 radical (unpaired) electrons. The summed E-state index contributed by atoms with van der Waals surface area (Å²) in [5, 5.41) is 14.1. The lowest BCUT2D eigenvalue weighted by Gasteiger charge is -2.24. The molecule has 224 valence electrons. The molecule has 0 bridgehead atoms. The van der Waals surface area contributed by atoms with Gasteiger partial charge in [0.15, 0.2) is 0 Å². The molecule has 0 spiro atoms. The highest BCUT2D eigenvalue weighted by Crippen LogP contribution is 2.76. The molecule has 2 saturated carbocycles. The van der Waals surface area contributed by atoms with Gasteiger partial charge < -0.3 is 10.1 Å². The number of ether oxygens (including phenoxy) is 1. The van der Waals surface area contributed by atoms with Crippen LogP contribution in [0.4, 0.5) is 0 Å². The third kappa shape index (κ3) is 6.03.